The van der Waals surface area contributed by atoms with Crippen molar-refractivity contribution >= 4 is 21.8 Å². The summed E-state index contributed by atoms with van der Waals surface area (Å²) in [6.07, 6.45) is 2.19. The van der Waals surface area contributed by atoms with Crippen LogP contribution in [0.25, 0.3) is 83.8 Å². The van der Waals surface area contributed by atoms with E-state index in [0.29, 0.717) is 11.8 Å². The minimum absolute atomic E-state index is 0.505. The van der Waals surface area contributed by atoms with Crippen molar-refractivity contribution in [3.8, 4) is 62.0 Å². The standard InChI is InChI=1S/C47H35N3O/c1-2-13-32-22-28-44-42(30-32)43-31-36(27-29-45(43)50(44)37-16-7-4-8-17-37)39-19-10-12-21-41(39)40-20-11-9-18-38(40)33-23-25-35(26-24-33)47-49-48-46(51-47)34-14-5-3-6-15-34/h3-12,14-31H,2,13H2,1H3. The molecule has 0 radical (unpaired) electrons. The molecule has 4 nitrogen and oxygen atoms in total. The van der Waals surface area contributed by atoms with Gasteiger partial charge in [0.15, 0.2) is 0 Å². The van der Waals surface area contributed by atoms with E-state index in [4.69, 9.17) is 4.42 Å². The molecule has 0 atom stereocenters. The molecule has 244 valence electrons. The van der Waals surface area contributed by atoms with Crippen LogP contribution in [0.1, 0.15) is 18.9 Å². The van der Waals surface area contributed by atoms with Gasteiger partial charge in [-0.15, -0.1) is 10.2 Å². The third-order valence-electron chi connectivity index (χ3n) is 9.73. The number of hydrogen-bond donors (Lipinski definition) is 0. The number of para-hydroxylation sites is 1. The van der Waals surface area contributed by atoms with Gasteiger partial charge in [-0.05, 0) is 106 Å². The summed E-state index contributed by atoms with van der Waals surface area (Å²) in [5.74, 6) is 1.02. The van der Waals surface area contributed by atoms with E-state index in [2.05, 4.69) is 161 Å². The second kappa shape index (κ2) is 13.1. The lowest BCUT2D eigenvalue weighted by molar-refractivity contribution is 0.584. The van der Waals surface area contributed by atoms with Crippen LogP contribution in [-0.4, -0.2) is 14.8 Å². The van der Waals surface area contributed by atoms with E-state index >= 15 is 0 Å². The highest BCUT2D eigenvalue weighted by atomic mass is 16.4. The van der Waals surface area contributed by atoms with Crippen molar-refractivity contribution in [3.63, 3.8) is 0 Å². The van der Waals surface area contributed by atoms with Gasteiger partial charge in [-0.1, -0.05) is 123 Å². The minimum Gasteiger partial charge on any atom is -0.416 e. The number of fused-ring (bicyclic) bond motifs is 3. The summed E-state index contributed by atoms with van der Waals surface area (Å²) in [7, 11) is 0. The highest BCUT2D eigenvalue weighted by Gasteiger charge is 2.17. The van der Waals surface area contributed by atoms with Gasteiger partial charge in [0.1, 0.15) is 0 Å². The Morgan fingerprint density at radius 3 is 1.59 bits per heavy atom. The molecule has 0 aliphatic rings. The van der Waals surface area contributed by atoms with E-state index in [0.717, 1.165) is 35.1 Å². The largest absolute Gasteiger partial charge is 0.416 e. The predicted molar refractivity (Wildman–Crippen MR) is 210 cm³/mol. The number of benzene rings is 7. The molecule has 2 aromatic heterocycles. The molecule has 0 unspecified atom stereocenters. The summed E-state index contributed by atoms with van der Waals surface area (Å²) in [6, 6.07) is 60.3. The van der Waals surface area contributed by atoms with E-state index in [1.807, 2.05) is 30.3 Å². The quantitative estimate of drug-likeness (QED) is 0.163. The van der Waals surface area contributed by atoms with Crippen LogP contribution in [-0.2, 0) is 6.42 Å². The molecule has 0 saturated heterocycles. The van der Waals surface area contributed by atoms with Gasteiger partial charge in [0.25, 0.3) is 0 Å². The summed E-state index contributed by atoms with van der Waals surface area (Å²) < 4.78 is 8.43. The van der Waals surface area contributed by atoms with Crippen LogP contribution in [0.3, 0.4) is 0 Å². The van der Waals surface area contributed by atoms with Crippen LogP contribution < -0.4 is 0 Å². The zero-order chi connectivity index (χ0) is 34.1. The van der Waals surface area contributed by atoms with Crippen LogP contribution in [0.15, 0.2) is 174 Å². The molecule has 7 aromatic carbocycles. The molecule has 0 fully saturated rings. The molecule has 9 rings (SSSR count). The molecular formula is C47H35N3O. The SMILES string of the molecule is CCCc1ccc2c(c1)c1cc(-c3ccccc3-c3ccccc3-c3ccc(-c4nnc(-c5ccccc5)o4)cc3)ccc1n2-c1ccccc1. The van der Waals surface area contributed by atoms with E-state index in [9.17, 15) is 0 Å². The summed E-state index contributed by atoms with van der Waals surface area (Å²) in [4.78, 5) is 0. The highest BCUT2D eigenvalue weighted by molar-refractivity contribution is 6.11. The molecule has 0 saturated carbocycles. The molecule has 0 aliphatic carbocycles. The first kappa shape index (κ1) is 30.5. The molecule has 0 aliphatic heterocycles. The Hall–Kier alpha value is -6.52. The van der Waals surface area contributed by atoms with Crippen LogP contribution >= 0.6 is 0 Å². The lowest BCUT2D eigenvalue weighted by Gasteiger charge is -2.15. The van der Waals surface area contributed by atoms with E-state index < -0.39 is 0 Å². The minimum atomic E-state index is 0.505. The number of nitrogens with zero attached hydrogens (tertiary/aromatic N) is 3. The van der Waals surface area contributed by atoms with Gasteiger partial charge < -0.3 is 8.98 Å². The fraction of sp³-hybridized carbons (Fsp3) is 0.0638. The summed E-state index contributed by atoms with van der Waals surface area (Å²) >= 11 is 0. The first-order valence-electron chi connectivity index (χ1n) is 17.6. The predicted octanol–water partition coefficient (Wildman–Crippen LogP) is 12.5. The molecule has 51 heavy (non-hydrogen) atoms. The van der Waals surface area contributed by atoms with Crippen molar-refractivity contribution in [2.75, 3.05) is 0 Å². The molecule has 0 bridgehead atoms. The number of aromatic nitrogens is 3. The highest BCUT2D eigenvalue weighted by Crippen LogP contribution is 2.41. The normalized spacial score (nSPS) is 11.4. The fourth-order valence-electron chi connectivity index (χ4n) is 7.31. The first-order chi connectivity index (χ1) is 25.2. The maximum absolute atomic E-state index is 6.04. The molecule has 4 heteroatoms. The molecule has 0 N–H and O–H groups in total. The third-order valence-corrected chi connectivity index (χ3v) is 9.73. The molecule has 9 aromatic rings. The average Bonchev–Trinajstić information content (AvgIpc) is 3.82. The Balaban J connectivity index is 1.12. The van der Waals surface area contributed by atoms with Gasteiger partial charge in [-0.2, -0.15) is 0 Å². The zero-order valence-corrected chi connectivity index (χ0v) is 28.3. The van der Waals surface area contributed by atoms with Gasteiger partial charge in [0, 0.05) is 27.6 Å². The van der Waals surface area contributed by atoms with Gasteiger partial charge in [0.05, 0.1) is 11.0 Å². The number of aryl methyl sites for hydroxylation is 1. The van der Waals surface area contributed by atoms with Crippen LogP contribution in [0.4, 0.5) is 0 Å². The molecular weight excluding hydrogens is 623 g/mol. The molecule has 0 amide bonds. The van der Waals surface area contributed by atoms with Gasteiger partial charge in [-0.3, -0.25) is 0 Å². The van der Waals surface area contributed by atoms with Crippen molar-refractivity contribution in [1.29, 1.82) is 0 Å². The van der Waals surface area contributed by atoms with Crippen molar-refractivity contribution < 1.29 is 4.42 Å². The van der Waals surface area contributed by atoms with Crippen LogP contribution in [0, 0.1) is 0 Å². The Morgan fingerprint density at radius 1 is 0.451 bits per heavy atom. The summed E-state index contributed by atoms with van der Waals surface area (Å²) in [5, 5.41) is 11.2. The summed E-state index contributed by atoms with van der Waals surface area (Å²) in [5.41, 5.74) is 13.8. The van der Waals surface area contributed by atoms with Crippen molar-refractivity contribution in [2.24, 2.45) is 0 Å². The number of rotatable bonds is 8. The van der Waals surface area contributed by atoms with Crippen molar-refractivity contribution in [1.82, 2.24) is 14.8 Å². The average molecular weight is 658 g/mol. The Kier molecular flexibility index (Phi) is 7.82. The lowest BCUT2D eigenvalue weighted by atomic mass is 9.89. The maximum atomic E-state index is 6.04. The Bertz CT molecular complexity index is 2630. The van der Waals surface area contributed by atoms with Gasteiger partial charge in [0.2, 0.25) is 11.8 Å². The Morgan fingerprint density at radius 2 is 0.941 bits per heavy atom. The van der Waals surface area contributed by atoms with E-state index in [1.165, 1.54) is 55.3 Å². The Labute approximate surface area is 297 Å². The smallest absolute Gasteiger partial charge is 0.248 e. The second-order valence-corrected chi connectivity index (χ2v) is 13.0. The summed E-state index contributed by atoms with van der Waals surface area (Å²) in [6.45, 7) is 2.24. The fourth-order valence-corrected chi connectivity index (χ4v) is 7.31. The maximum Gasteiger partial charge on any atom is 0.248 e. The van der Waals surface area contributed by atoms with Crippen molar-refractivity contribution in [2.45, 2.75) is 19.8 Å². The molecule has 0 spiro atoms. The van der Waals surface area contributed by atoms with Gasteiger partial charge >= 0.3 is 0 Å². The third kappa shape index (κ3) is 5.61. The molecule has 2 heterocycles. The second-order valence-electron chi connectivity index (χ2n) is 13.0. The van der Waals surface area contributed by atoms with Crippen molar-refractivity contribution in [3.05, 3.63) is 175 Å². The van der Waals surface area contributed by atoms with Crippen LogP contribution in [0.5, 0.6) is 0 Å². The van der Waals surface area contributed by atoms with Gasteiger partial charge in [-0.25, -0.2) is 0 Å². The first-order valence-corrected chi connectivity index (χ1v) is 17.6. The lowest BCUT2D eigenvalue weighted by Crippen LogP contribution is -1.93. The van der Waals surface area contributed by atoms with E-state index in [-0.39, 0.29) is 0 Å². The van der Waals surface area contributed by atoms with Crippen LogP contribution in [0.2, 0.25) is 0 Å². The van der Waals surface area contributed by atoms with E-state index in [1.54, 1.807) is 0 Å². The topological polar surface area (TPSA) is 43.9 Å². The zero-order valence-electron chi connectivity index (χ0n) is 28.3. The monoisotopic (exact) mass is 657 g/mol. The number of hydrogen-bond acceptors (Lipinski definition) is 3.